The molecule has 0 radical (unpaired) electrons. The molecule has 0 aliphatic heterocycles. The molecule has 0 saturated heterocycles. The number of rotatable bonds is 5. The van der Waals surface area contributed by atoms with Crippen LogP contribution in [0.15, 0.2) is 60.7 Å². The van der Waals surface area contributed by atoms with Crippen LogP contribution in [-0.4, -0.2) is 29.9 Å². The summed E-state index contributed by atoms with van der Waals surface area (Å²) in [7, 11) is 0. The second kappa shape index (κ2) is 9.19. The second-order valence-electron chi connectivity index (χ2n) is 5.44. The Morgan fingerprint density at radius 1 is 0.731 bits per heavy atom. The van der Waals surface area contributed by atoms with Gasteiger partial charge in [0.1, 0.15) is 0 Å². The Kier molecular flexibility index (Phi) is 6.69. The Bertz CT molecular complexity index is 831. The first kappa shape index (κ1) is 18.9. The number of ketones is 1. The molecule has 0 N–H and O–H groups in total. The SMILES string of the molecule is CC(C#CC(C)OC(=O)c1ccccc1)OC(=O)C(=O)c1ccccc1. The molecule has 132 valence electrons. The minimum atomic E-state index is -0.980. The number of carbonyl (C=O) groups excluding carboxylic acids is 3. The lowest BCUT2D eigenvalue weighted by Crippen LogP contribution is -2.22. The maximum atomic E-state index is 11.9. The summed E-state index contributed by atoms with van der Waals surface area (Å²) in [6.07, 6.45) is -1.50. The molecule has 0 aliphatic rings. The molecule has 2 rings (SSSR count). The molecule has 0 aliphatic carbocycles. The zero-order valence-electron chi connectivity index (χ0n) is 14.5. The summed E-state index contributed by atoms with van der Waals surface area (Å²) >= 11 is 0. The molecule has 0 heterocycles. The van der Waals surface area contributed by atoms with Crippen molar-refractivity contribution in [2.75, 3.05) is 0 Å². The van der Waals surface area contributed by atoms with E-state index in [1.54, 1.807) is 55.5 Å². The minimum Gasteiger partial charge on any atom is -0.446 e. The maximum Gasteiger partial charge on any atom is 0.380 e. The van der Waals surface area contributed by atoms with Gasteiger partial charge in [-0.2, -0.15) is 0 Å². The highest BCUT2D eigenvalue weighted by molar-refractivity contribution is 6.40. The highest BCUT2D eigenvalue weighted by Gasteiger charge is 2.19. The van der Waals surface area contributed by atoms with E-state index in [1.807, 2.05) is 0 Å². The van der Waals surface area contributed by atoms with Crippen molar-refractivity contribution in [1.29, 1.82) is 0 Å². The van der Waals surface area contributed by atoms with Crippen LogP contribution in [0.1, 0.15) is 34.6 Å². The minimum absolute atomic E-state index is 0.253. The van der Waals surface area contributed by atoms with Gasteiger partial charge in [0.25, 0.3) is 5.78 Å². The van der Waals surface area contributed by atoms with Gasteiger partial charge in [-0.05, 0) is 26.0 Å². The molecule has 2 atom stereocenters. The monoisotopic (exact) mass is 350 g/mol. The Morgan fingerprint density at radius 2 is 1.19 bits per heavy atom. The summed E-state index contributed by atoms with van der Waals surface area (Å²) in [6.45, 7) is 3.15. The fourth-order valence-electron chi connectivity index (χ4n) is 2.02. The standard InChI is InChI=1S/C21H18O5/c1-15(25-20(23)18-11-7-4-8-12-18)13-14-16(2)26-21(24)19(22)17-9-5-3-6-10-17/h3-12,15-16H,1-2H3. The number of benzene rings is 2. The van der Waals surface area contributed by atoms with Gasteiger partial charge in [-0.3, -0.25) is 4.79 Å². The van der Waals surface area contributed by atoms with E-state index in [1.165, 1.54) is 19.1 Å². The number of hydrogen-bond donors (Lipinski definition) is 0. The van der Waals surface area contributed by atoms with Crippen molar-refractivity contribution >= 4 is 17.7 Å². The van der Waals surface area contributed by atoms with Crippen LogP contribution in [0, 0.1) is 11.8 Å². The van der Waals surface area contributed by atoms with Gasteiger partial charge in [-0.15, -0.1) is 0 Å². The Hall–Kier alpha value is -3.39. The van der Waals surface area contributed by atoms with Gasteiger partial charge in [-0.1, -0.05) is 60.4 Å². The van der Waals surface area contributed by atoms with Gasteiger partial charge in [-0.25, -0.2) is 9.59 Å². The number of ether oxygens (including phenoxy) is 2. The largest absolute Gasteiger partial charge is 0.446 e. The average molecular weight is 350 g/mol. The smallest absolute Gasteiger partial charge is 0.380 e. The first-order chi connectivity index (χ1) is 12.5. The molecule has 2 aromatic rings. The lowest BCUT2D eigenvalue weighted by Gasteiger charge is -2.09. The van der Waals surface area contributed by atoms with Crippen molar-refractivity contribution < 1.29 is 23.9 Å². The van der Waals surface area contributed by atoms with Gasteiger partial charge in [0.2, 0.25) is 0 Å². The Morgan fingerprint density at radius 3 is 1.73 bits per heavy atom. The summed E-state index contributed by atoms with van der Waals surface area (Å²) in [5.41, 5.74) is 0.678. The van der Waals surface area contributed by atoms with Crippen molar-refractivity contribution in [1.82, 2.24) is 0 Å². The first-order valence-corrected chi connectivity index (χ1v) is 8.05. The van der Waals surface area contributed by atoms with E-state index in [0.717, 1.165) is 0 Å². The van der Waals surface area contributed by atoms with Gasteiger partial charge < -0.3 is 9.47 Å². The molecule has 2 unspecified atom stereocenters. The van der Waals surface area contributed by atoms with Crippen LogP contribution in [0.3, 0.4) is 0 Å². The number of hydrogen-bond acceptors (Lipinski definition) is 5. The van der Waals surface area contributed by atoms with Crippen molar-refractivity contribution in [3.63, 3.8) is 0 Å². The Balaban J connectivity index is 1.87. The predicted octanol–water partition coefficient (Wildman–Crippen LogP) is 3.05. The van der Waals surface area contributed by atoms with Gasteiger partial charge >= 0.3 is 11.9 Å². The van der Waals surface area contributed by atoms with Gasteiger partial charge in [0.15, 0.2) is 12.2 Å². The third-order valence-corrected chi connectivity index (χ3v) is 3.29. The van der Waals surface area contributed by atoms with Crippen LogP contribution in [-0.2, 0) is 14.3 Å². The normalized spacial score (nSPS) is 12.1. The molecule has 0 fully saturated rings. The molecule has 0 saturated carbocycles. The van der Waals surface area contributed by atoms with E-state index in [0.29, 0.717) is 5.56 Å². The van der Waals surface area contributed by atoms with Crippen LogP contribution in [0.4, 0.5) is 0 Å². The van der Waals surface area contributed by atoms with Crippen molar-refractivity contribution in [3.05, 3.63) is 71.8 Å². The fourth-order valence-corrected chi connectivity index (χ4v) is 2.02. The lowest BCUT2D eigenvalue weighted by molar-refractivity contribution is -0.140. The predicted molar refractivity (Wildman–Crippen MR) is 95.4 cm³/mol. The molecule has 0 spiro atoms. The van der Waals surface area contributed by atoms with E-state index in [-0.39, 0.29) is 5.56 Å². The third kappa shape index (κ3) is 5.60. The molecule has 2 aromatic carbocycles. The highest BCUT2D eigenvalue weighted by atomic mass is 16.5. The Labute approximate surface area is 151 Å². The summed E-state index contributed by atoms with van der Waals surface area (Å²) in [5.74, 6) is 3.14. The number of carbonyl (C=O) groups is 3. The van der Waals surface area contributed by atoms with Gasteiger partial charge in [0.05, 0.1) is 5.56 Å². The van der Waals surface area contributed by atoms with E-state index in [4.69, 9.17) is 9.47 Å². The molecule has 0 aromatic heterocycles. The zero-order valence-corrected chi connectivity index (χ0v) is 14.5. The summed E-state index contributed by atoms with van der Waals surface area (Å²) < 4.78 is 10.2. The zero-order chi connectivity index (χ0) is 18.9. The summed E-state index contributed by atoms with van der Waals surface area (Å²) in [6, 6.07) is 16.7. The fraction of sp³-hybridized carbons (Fsp3) is 0.190. The van der Waals surface area contributed by atoms with Gasteiger partial charge in [0, 0.05) is 5.56 Å². The van der Waals surface area contributed by atoms with Crippen LogP contribution in [0.5, 0.6) is 0 Å². The van der Waals surface area contributed by atoms with Crippen molar-refractivity contribution in [2.45, 2.75) is 26.1 Å². The van der Waals surface area contributed by atoms with Crippen LogP contribution >= 0.6 is 0 Å². The molecule has 5 nitrogen and oxygen atoms in total. The van der Waals surface area contributed by atoms with Crippen LogP contribution in [0.25, 0.3) is 0 Å². The lowest BCUT2D eigenvalue weighted by atomic mass is 10.1. The highest BCUT2D eigenvalue weighted by Crippen LogP contribution is 2.05. The average Bonchev–Trinajstić information content (AvgIpc) is 2.67. The van der Waals surface area contributed by atoms with Crippen LogP contribution < -0.4 is 0 Å². The third-order valence-electron chi connectivity index (χ3n) is 3.29. The van der Waals surface area contributed by atoms with E-state index in [9.17, 15) is 14.4 Å². The number of Topliss-reactive ketones (excluding diaryl/α,β-unsaturated/α-hetero) is 1. The quantitative estimate of drug-likeness (QED) is 0.359. The topological polar surface area (TPSA) is 69.7 Å². The molecule has 5 heteroatoms. The van der Waals surface area contributed by atoms with Crippen molar-refractivity contribution in [3.8, 4) is 11.8 Å². The first-order valence-electron chi connectivity index (χ1n) is 8.05. The van der Waals surface area contributed by atoms with E-state index < -0.39 is 29.9 Å². The molecular formula is C21H18O5. The van der Waals surface area contributed by atoms with E-state index in [2.05, 4.69) is 11.8 Å². The molecule has 0 bridgehead atoms. The number of esters is 2. The molecule has 26 heavy (non-hydrogen) atoms. The summed E-state index contributed by atoms with van der Waals surface area (Å²) in [4.78, 5) is 35.7. The van der Waals surface area contributed by atoms with Crippen molar-refractivity contribution in [2.24, 2.45) is 0 Å². The molecular weight excluding hydrogens is 332 g/mol. The van der Waals surface area contributed by atoms with E-state index >= 15 is 0 Å². The maximum absolute atomic E-state index is 11.9. The second-order valence-corrected chi connectivity index (χ2v) is 5.44. The van der Waals surface area contributed by atoms with Crippen LogP contribution in [0.2, 0.25) is 0 Å². The summed E-state index contributed by atoms with van der Waals surface area (Å²) in [5, 5.41) is 0. The molecule has 0 amide bonds.